The summed E-state index contributed by atoms with van der Waals surface area (Å²) in [5.41, 5.74) is 1.27. The highest BCUT2D eigenvalue weighted by Crippen LogP contribution is 2.50. The quantitative estimate of drug-likeness (QED) is 0.875. The fraction of sp³-hybridized carbons (Fsp3) is 0.333. The van der Waals surface area contributed by atoms with Crippen molar-refractivity contribution in [1.29, 1.82) is 0 Å². The van der Waals surface area contributed by atoms with Gasteiger partial charge >= 0.3 is 0 Å². The third-order valence-corrected chi connectivity index (χ3v) is 3.83. The lowest BCUT2D eigenvalue weighted by atomic mass is 9.91. The van der Waals surface area contributed by atoms with Crippen molar-refractivity contribution < 1.29 is 9.84 Å². The van der Waals surface area contributed by atoms with E-state index in [1.807, 2.05) is 12.1 Å². The van der Waals surface area contributed by atoms with Gasteiger partial charge in [0, 0.05) is 10.8 Å². The third-order valence-electron chi connectivity index (χ3n) is 3.83. The smallest absolute Gasteiger partial charge is 0.126 e. The van der Waals surface area contributed by atoms with Crippen molar-refractivity contribution in [3.8, 4) is 5.75 Å². The topological polar surface area (TPSA) is 29.5 Å². The monoisotopic (exact) mass is 228 g/mol. The van der Waals surface area contributed by atoms with Crippen LogP contribution in [0.5, 0.6) is 5.75 Å². The number of aliphatic hydroxyl groups excluding tert-OH is 1. The molecule has 0 saturated heterocycles. The first-order valence-corrected chi connectivity index (χ1v) is 5.98. The zero-order chi connectivity index (χ0) is 11.9. The average molecular weight is 228 g/mol. The van der Waals surface area contributed by atoms with Gasteiger partial charge < -0.3 is 9.84 Å². The van der Waals surface area contributed by atoms with Crippen LogP contribution >= 0.6 is 0 Å². The Morgan fingerprint density at radius 1 is 1.12 bits per heavy atom. The maximum absolute atomic E-state index is 9.56. The molecule has 2 aromatic carbocycles. The van der Waals surface area contributed by atoms with Crippen LogP contribution in [0, 0.1) is 0 Å². The van der Waals surface area contributed by atoms with E-state index in [4.69, 9.17) is 4.74 Å². The molecule has 0 atom stereocenters. The van der Waals surface area contributed by atoms with Crippen molar-refractivity contribution in [2.75, 3.05) is 13.7 Å². The van der Waals surface area contributed by atoms with Gasteiger partial charge in [0.2, 0.25) is 0 Å². The summed E-state index contributed by atoms with van der Waals surface area (Å²) in [4.78, 5) is 0. The van der Waals surface area contributed by atoms with Crippen LogP contribution in [0.15, 0.2) is 36.4 Å². The van der Waals surface area contributed by atoms with Gasteiger partial charge in [0.15, 0.2) is 0 Å². The SMILES string of the molecule is COc1cccc2c(C3(CO)CC3)cccc12. The van der Waals surface area contributed by atoms with Crippen molar-refractivity contribution in [1.82, 2.24) is 0 Å². The Bertz CT molecular complexity index is 556. The molecule has 0 radical (unpaired) electrons. The summed E-state index contributed by atoms with van der Waals surface area (Å²) < 4.78 is 5.39. The summed E-state index contributed by atoms with van der Waals surface area (Å²) in [6.45, 7) is 0.239. The van der Waals surface area contributed by atoms with Crippen LogP contribution in [0.3, 0.4) is 0 Å². The molecule has 0 aliphatic heterocycles. The minimum atomic E-state index is 0.00583. The van der Waals surface area contributed by atoms with Gasteiger partial charge in [-0.15, -0.1) is 0 Å². The Kier molecular flexibility index (Phi) is 2.33. The number of hydrogen-bond donors (Lipinski definition) is 1. The van der Waals surface area contributed by atoms with Crippen molar-refractivity contribution >= 4 is 10.8 Å². The average Bonchev–Trinajstić information content (AvgIpc) is 3.18. The summed E-state index contributed by atoms with van der Waals surface area (Å²) in [6, 6.07) is 12.4. The zero-order valence-corrected chi connectivity index (χ0v) is 9.94. The van der Waals surface area contributed by atoms with Crippen molar-refractivity contribution in [3.05, 3.63) is 42.0 Å². The van der Waals surface area contributed by atoms with E-state index in [1.165, 1.54) is 10.9 Å². The van der Waals surface area contributed by atoms with E-state index in [1.54, 1.807) is 7.11 Å². The molecule has 1 aliphatic rings. The van der Waals surface area contributed by atoms with Crippen LogP contribution in [-0.4, -0.2) is 18.8 Å². The van der Waals surface area contributed by atoms with Gasteiger partial charge in [-0.25, -0.2) is 0 Å². The van der Waals surface area contributed by atoms with Gasteiger partial charge in [-0.1, -0.05) is 30.3 Å². The third kappa shape index (κ3) is 1.52. The van der Waals surface area contributed by atoms with E-state index in [9.17, 15) is 5.11 Å². The second kappa shape index (κ2) is 3.74. The zero-order valence-electron chi connectivity index (χ0n) is 9.94. The Labute approximate surface area is 101 Å². The molecule has 0 amide bonds. The van der Waals surface area contributed by atoms with Crippen molar-refractivity contribution in [2.24, 2.45) is 0 Å². The van der Waals surface area contributed by atoms with Gasteiger partial charge in [-0.05, 0) is 29.9 Å². The molecule has 2 aromatic rings. The summed E-state index contributed by atoms with van der Waals surface area (Å²) in [5.74, 6) is 0.901. The first-order chi connectivity index (χ1) is 8.30. The minimum Gasteiger partial charge on any atom is -0.496 e. The van der Waals surface area contributed by atoms with Gasteiger partial charge in [0.1, 0.15) is 5.75 Å². The summed E-state index contributed by atoms with van der Waals surface area (Å²) in [7, 11) is 1.69. The number of fused-ring (bicyclic) bond motifs is 1. The molecule has 3 rings (SSSR count). The van der Waals surface area contributed by atoms with Crippen LogP contribution in [0.1, 0.15) is 18.4 Å². The lowest BCUT2D eigenvalue weighted by molar-refractivity contribution is 0.256. The molecule has 1 N–H and O–H groups in total. The van der Waals surface area contributed by atoms with Crippen LogP contribution in [0.2, 0.25) is 0 Å². The summed E-state index contributed by atoms with van der Waals surface area (Å²) in [6.07, 6.45) is 2.17. The van der Waals surface area contributed by atoms with Crippen LogP contribution in [0.25, 0.3) is 10.8 Å². The molecule has 1 fully saturated rings. The predicted octanol–water partition coefficient (Wildman–Crippen LogP) is 2.87. The molecule has 0 bridgehead atoms. The highest BCUT2D eigenvalue weighted by atomic mass is 16.5. The van der Waals surface area contributed by atoms with E-state index < -0.39 is 0 Å². The van der Waals surface area contributed by atoms with Crippen LogP contribution in [0.4, 0.5) is 0 Å². The largest absolute Gasteiger partial charge is 0.496 e. The Hall–Kier alpha value is -1.54. The maximum atomic E-state index is 9.56. The number of rotatable bonds is 3. The van der Waals surface area contributed by atoms with E-state index in [0.29, 0.717) is 0 Å². The molecule has 88 valence electrons. The lowest BCUT2D eigenvalue weighted by Crippen LogP contribution is -2.12. The molecule has 0 heterocycles. The van der Waals surface area contributed by atoms with Crippen molar-refractivity contribution in [3.63, 3.8) is 0 Å². The van der Waals surface area contributed by atoms with E-state index in [0.717, 1.165) is 24.0 Å². The van der Waals surface area contributed by atoms with Crippen molar-refractivity contribution in [2.45, 2.75) is 18.3 Å². The van der Waals surface area contributed by atoms with Gasteiger partial charge in [0.05, 0.1) is 13.7 Å². The second-order valence-electron chi connectivity index (χ2n) is 4.80. The Morgan fingerprint density at radius 2 is 1.82 bits per heavy atom. The number of ether oxygens (including phenoxy) is 1. The minimum absolute atomic E-state index is 0.00583. The normalized spacial score (nSPS) is 17.1. The fourth-order valence-corrected chi connectivity index (χ4v) is 2.59. The van der Waals surface area contributed by atoms with Gasteiger partial charge in [0.25, 0.3) is 0 Å². The molecule has 2 heteroatoms. The molecule has 0 spiro atoms. The highest BCUT2D eigenvalue weighted by Gasteiger charge is 2.44. The van der Waals surface area contributed by atoms with E-state index in [-0.39, 0.29) is 12.0 Å². The standard InChI is InChI=1S/C15H16O2/c1-17-14-7-3-4-11-12(14)5-2-6-13(11)15(10-16)8-9-15/h2-7,16H,8-10H2,1H3. The molecular formula is C15H16O2. The number of hydrogen-bond acceptors (Lipinski definition) is 2. The second-order valence-corrected chi connectivity index (χ2v) is 4.80. The molecule has 0 unspecified atom stereocenters. The highest BCUT2D eigenvalue weighted by molar-refractivity contribution is 5.92. The fourth-order valence-electron chi connectivity index (χ4n) is 2.59. The number of aliphatic hydroxyl groups is 1. The van der Waals surface area contributed by atoms with Crippen LogP contribution in [-0.2, 0) is 5.41 Å². The molecule has 0 aromatic heterocycles. The number of benzene rings is 2. The molecule has 1 aliphatic carbocycles. The Balaban J connectivity index is 2.27. The van der Waals surface area contributed by atoms with E-state index in [2.05, 4.69) is 24.3 Å². The van der Waals surface area contributed by atoms with E-state index >= 15 is 0 Å². The summed E-state index contributed by atoms with van der Waals surface area (Å²) in [5, 5.41) is 11.9. The first kappa shape index (κ1) is 10.6. The Morgan fingerprint density at radius 3 is 2.47 bits per heavy atom. The van der Waals surface area contributed by atoms with Gasteiger partial charge in [-0.2, -0.15) is 0 Å². The molecule has 17 heavy (non-hydrogen) atoms. The number of methoxy groups -OCH3 is 1. The molecule has 1 saturated carbocycles. The molecule has 2 nitrogen and oxygen atoms in total. The predicted molar refractivity (Wildman–Crippen MR) is 68.5 cm³/mol. The lowest BCUT2D eigenvalue weighted by Gasteiger charge is -2.16. The van der Waals surface area contributed by atoms with Crippen LogP contribution < -0.4 is 4.74 Å². The van der Waals surface area contributed by atoms with Gasteiger partial charge in [-0.3, -0.25) is 0 Å². The maximum Gasteiger partial charge on any atom is 0.126 e. The molecular weight excluding hydrogens is 212 g/mol. The first-order valence-electron chi connectivity index (χ1n) is 5.98. The summed E-state index contributed by atoms with van der Waals surface area (Å²) >= 11 is 0.